The molecule has 7 heteroatoms. The quantitative estimate of drug-likeness (QED) is 0.682. The molecule has 4 rings (SSSR count). The highest BCUT2D eigenvalue weighted by atomic mass is 35.5. The van der Waals surface area contributed by atoms with Gasteiger partial charge in [0.15, 0.2) is 0 Å². The van der Waals surface area contributed by atoms with Crippen molar-refractivity contribution < 1.29 is 9.84 Å². The maximum atomic E-state index is 9.88. The Morgan fingerprint density at radius 2 is 2.19 bits per heavy atom. The van der Waals surface area contributed by atoms with Crippen LogP contribution in [-0.4, -0.2) is 38.7 Å². The molecule has 136 valence electrons. The standard InChI is InChI=1S/C19H21ClN4O2/c1-26-19-8-12(7-17(20)23-19)16-10-21-18-6-5-14(11-24(16)18)22-13-3-2-4-15(25)9-13/h5-8,10-11,13,15,22,25H,2-4,9H2,1H3. The van der Waals surface area contributed by atoms with Crippen molar-refractivity contribution in [3.63, 3.8) is 0 Å². The lowest BCUT2D eigenvalue weighted by Crippen LogP contribution is -2.29. The van der Waals surface area contributed by atoms with Crippen molar-refractivity contribution in [2.75, 3.05) is 12.4 Å². The van der Waals surface area contributed by atoms with E-state index in [0.29, 0.717) is 17.1 Å². The van der Waals surface area contributed by atoms with E-state index in [1.807, 2.05) is 35.0 Å². The van der Waals surface area contributed by atoms with Gasteiger partial charge < -0.3 is 15.2 Å². The van der Waals surface area contributed by atoms with Crippen molar-refractivity contribution in [2.45, 2.75) is 37.8 Å². The third kappa shape index (κ3) is 3.48. The lowest BCUT2D eigenvalue weighted by molar-refractivity contribution is 0.124. The molecular formula is C19H21ClN4O2. The van der Waals surface area contributed by atoms with Gasteiger partial charge in [0, 0.05) is 23.9 Å². The number of pyridine rings is 2. The second kappa shape index (κ2) is 7.13. The Bertz CT molecular complexity index is 927. The predicted molar refractivity (Wildman–Crippen MR) is 102 cm³/mol. The summed E-state index contributed by atoms with van der Waals surface area (Å²) < 4.78 is 7.24. The minimum atomic E-state index is -0.208. The first kappa shape index (κ1) is 17.1. The van der Waals surface area contributed by atoms with Gasteiger partial charge in [0.2, 0.25) is 5.88 Å². The molecule has 0 saturated heterocycles. The Kier molecular flexibility index (Phi) is 4.70. The van der Waals surface area contributed by atoms with Gasteiger partial charge in [-0.3, -0.25) is 4.40 Å². The highest BCUT2D eigenvalue weighted by molar-refractivity contribution is 6.29. The van der Waals surface area contributed by atoms with Gasteiger partial charge in [0.1, 0.15) is 10.8 Å². The van der Waals surface area contributed by atoms with Crippen molar-refractivity contribution in [2.24, 2.45) is 0 Å². The first-order valence-electron chi connectivity index (χ1n) is 8.76. The number of anilines is 1. The summed E-state index contributed by atoms with van der Waals surface area (Å²) in [6, 6.07) is 7.93. The van der Waals surface area contributed by atoms with Crippen LogP contribution in [0.3, 0.4) is 0 Å². The molecule has 1 aliphatic carbocycles. The van der Waals surface area contributed by atoms with Crippen LogP contribution in [0.15, 0.2) is 36.7 Å². The smallest absolute Gasteiger partial charge is 0.215 e. The highest BCUT2D eigenvalue weighted by Gasteiger charge is 2.20. The number of imidazole rings is 1. The van der Waals surface area contributed by atoms with E-state index in [2.05, 4.69) is 15.3 Å². The molecule has 0 aromatic carbocycles. The number of nitrogens with one attached hydrogen (secondary N) is 1. The Balaban J connectivity index is 1.67. The zero-order valence-electron chi connectivity index (χ0n) is 14.5. The number of aliphatic hydroxyl groups excluding tert-OH is 1. The summed E-state index contributed by atoms with van der Waals surface area (Å²) in [5.41, 5.74) is 3.65. The molecule has 1 aliphatic rings. The van der Waals surface area contributed by atoms with E-state index in [0.717, 1.165) is 48.3 Å². The lowest BCUT2D eigenvalue weighted by Gasteiger charge is -2.27. The fourth-order valence-corrected chi connectivity index (χ4v) is 3.74. The van der Waals surface area contributed by atoms with Crippen LogP contribution in [0, 0.1) is 0 Å². The second-order valence-electron chi connectivity index (χ2n) is 6.67. The van der Waals surface area contributed by atoms with E-state index in [1.165, 1.54) is 0 Å². The van der Waals surface area contributed by atoms with Gasteiger partial charge >= 0.3 is 0 Å². The van der Waals surface area contributed by atoms with Crippen molar-refractivity contribution in [1.82, 2.24) is 14.4 Å². The summed E-state index contributed by atoms with van der Waals surface area (Å²) in [7, 11) is 1.57. The fraction of sp³-hybridized carbons (Fsp3) is 0.368. The average molecular weight is 373 g/mol. The number of nitrogens with zero attached hydrogens (tertiary/aromatic N) is 3. The van der Waals surface area contributed by atoms with Gasteiger partial charge in [0.25, 0.3) is 0 Å². The molecule has 0 radical (unpaired) electrons. The molecule has 2 N–H and O–H groups in total. The van der Waals surface area contributed by atoms with Crippen LogP contribution in [0.5, 0.6) is 5.88 Å². The molecule has 2 unspecified atom stereocenters. The maximum absolute atomic E-state index is 9.88. The summed E-state index contributed by atoms with van der Waals surface area (Å²) in [6.07, 6.45) is 7.43. The topological polar surface area (TPSA) is 71.7 Å². The number of fused-ring (bicyclic) bond motifs is 1. The van der Waals surface area contributed by atoms with Gasteiger partial charge in [-0.25, -0.2) is 9.97 Å². The number of halogens is 1. The van der Waals surface area contributed by atoms with Crippen molar-refractivity contribution in [1.29, 1.82) is 0 Å². The van der Waals surface area contributed by atoms with Crippen LogP contribution in [0.4, 0.5) is 5.69 Å². The molecular weight excluding hydrogens is 352 g/mol. The van der Waals surface area contributed by atoms with E-state index in [9.17, 15) is 5.11 Å². The molecule has 26 heavy (non-hydrogen) atoms. The summed E-state index contributed by atoms with van der Waals surface area (Å²) in [5, 5.41) is 13.8. The zero-order chi connectivity index (χ0) is 18.1. The van der Waals surface area contributed by atoms with Crippen LogP contribution in [0.1, 0.15) is 25.7 Å². The Morgan fingerprint density at radius 3 is 3.00 bits per heavy atom. The number of rotatable bonds is 4. The van der Waals surface area contributed by atoms with E-state index >= 15 is 0 Å². The minimum absolute atomic E-state index is 0.208. The molecule has 3 aromatic rings. The molecule has 2 atom stereocenters. The molecule has 3 heterocycles. The Hall–Kier alpha value is -2.31. The summed E-state index contributed by atoms with van der Waals surface area (Å²) >= 11 is 6.11. The first-order valence-corrected chi connectivity index (χ1v) is 9.14. The number of hydrogen-bond acceptors (Lipinski definition) is 5. The fourth-order valence-electron chi connectivity index (χ4n) is 3.54. The Morgan fingerprint density at radius 1 is 1.31 bits per heavy atom. The van der Waals surface area contributed by atoms with Gasteiger partial charge in [-0.1, -0.05) is 11.6 Å². The lowest BCUT2D eigenvalue weighted by atomic mass is 9.93. The van der Waals surface area contributed by atoms with Crippen LogP contribution in [0.25, 0.3) is 16.9 Å². The van der Waals surface area contributed by atoms with Crippen molar-refractivity contribution in [3.8, 4) is 17.1 Å². The van der Waals surface area contributed by atoms with Crippen molar-refractivity contribution in [3.05, 3.63) is 41.8 Å². The highest BCUT2D eigenvalue weighted by Crippen LogP contribution is 2.28. The first-order chi connectivity index (χ1) is 12.6. The van der Waals surface area contributed by atoms with E-state index in [1.54, 1.807) is 13.2 Å². The van der Waals surface area contributed by atoms with E-state index in [-0.39, 0.29) is 6.10 Å². The van der Waals surface area contributed by atoms with Crippen LogP contribution in [-0.2, 0) is 0 Å². The normalized spacial score (nSPS) is 20.3. The van der Waals surface area contributed by atoms with E-state index < -0.39 is 0 Å². The number of aliphatic hydroxyl groups is 1. The van der Waals surface area contributed by atoms with E-state index in [4.69, 9.17) is 16.3 Å². The SMILES string of the molecule is COc1cc(-c2cnc3ccc(NC4CCCC(O)C4)cn23)cc(Cl)n1. The second-order valence-corrected chi connectivity index (χ2v) is 7.06. The molecule has 0 spiro atoms. The van der Waals surface area contributed by atoms with Gasteiger partial charge in [-0.05, 0) is 43.9 Å². The van der Waals surface area contributed by atoms with Gasteiger partial charge in [-0.15, -0.1) is 0 Å². The van der Waals surface area contributed by atoms with Crippen molar-refractivity contribution >= 4 is 22.9 Å². The largest absolute Gasteiger partial charge is 0.481 e. The van der Waals surface area contributed by atoms with Gasteiger partial charge in [0.05, 0.1) is 30.8 Å². The summed E-state index contributed by atoms with van der Waals surface area (Å²) in [4.78, 5) is 8.59. The molecule has 3 aromatic heterocycles. The predicted octanol–water partition coefficient (Wildman–Crippen LogP) is 3.77. The number of methoxy groups -OCH3 is 1. The molecule has 1 fully saturated rings. The zero-order valence-corrected chi connectivity index (χ0v) is 15.3. The molecule has 0 bridgehead atoms. The van der Waals surface area contributed by atoms with Crippen LogP contribution in [0.2, 0.25) is 5.15 Å². The maximum Gasteiger partial charge on any atom is 0.215 e. The summed E-state index contributed by atoms with van der Waals surface area (Å²) in [6.45, 7) is 0. The molecule has 0 aliphatic heterocycles. The average Bonchev–Trinajstić information content (AvgIpc) is 3.04. The van der Waals surface area contributed by atoms with Crippen LogP contribution < -0.4 is 10.1 Å². The number of aromatic nitrogens is 3. The molecule has 0 amide bonds. The Labute approximate surface area is 156 Å². The molecule has 1 saturated carbocycles. The number of ether oxygens (including phenoxy) is 1. The molecule has 6 nitrogen and oxygen atoms in total. The monoisotopic (exact) mass is 372 g/mol. The van der Waals surface area contributed by atoms with Crippen LogP contribution >= 0.6 is 11.6 Å². The summed E-state index contributed by atoms with van der Waals surface area (Å²) in [5.74, 6) is 0.466. The van der Waals surface area contributed by atoms with Gasteiger partial charge in [-0.2, -0.15) is 0 Å². The third-order valence-electron chi connectivity index (χ3n) is 4.80. The number of hydrogen-bond donors (Lipinski definition) is 2. The third-order valence-corrected chi connectivity index (χ3v) is 4.99. The minimum Gasteiger partial charge on any atom is -0.481 e.